The summed E-state index contributed by atoms with van der Waals surface area (Å²) in [5.41, 5.74) is 2.64. The Bertz CT molecular complexity index is 824. The third-order valence-electron chi connectivity index (χ3n) is 4.78. The molecule has 0 spiro atoms. The summed E-state index contributed by atoms with van der Waals surface area (Å²) in [5, 5.41) is 3.03. The number of carbonyl (C=O) groups is 1. The van der Waals surface area contributed by atoms with Crippen LogP contribution in [0.3, 0.4) is 0 Å². The van der Waals surface area contributed by atoms with Crippen LogP contribution < -0.4 is 10.2 Å². The van der Waals surface area contributed by atoms with E-state index < -0.39 is 0 Å². The Hall–Kier alpha value is -3.14. The largest absolute Gasteiger partial charge is 0.360 e. The van der Waals surface area contributed by atoms with E-state index in [1.807, 2.05) is 79.8 Å². The van der Waals surface area contributed by atoms with Crippen LogP contribution in [-0.2, 0) is 4.79 Å². The molecule has 1 aromatic heterocycles. The van der Waals surface area contributed by atoms with Crippen molar-refractivity contribution in [1.29, 1.82) is 0 Å². The Labute approximate surface area is 167 Å². The highest BCUT2D eigenvalue weighted by atomic mass is 16.1. The fourth-order valence-corrected chi connectivity index (χ4v) is 3.20. The maximum atomic E-state index is 13.1. The van der Waals surface area contributed by atoms with Gasteiger partial charge in [0.15, 0.2) is 0 Å². The number of amides is 1. The minimum absolute atomic E-state index is 0.0636. The van der Waals surface area contributed by atoms with Crippen LogP contribution in [0.15, 0.2) is 79.0 Å². The van der Waals surface area contributed by atoms with E-state index in [1.54, 1.807) is 6.20 Å². The number of benzene rings is 2. The second kappa shape index (κ2) is 9.70. The molecule has 0 aliphatic rings. The number of anilines is 2. The summed E-state index contributed by atoms with van der Waals surface area (Å²) in [7, 11) is 2.04. The van der Waals surface area contributed by atoms with Gasteiger partial charge in [-0.3, -0.25) is 4.79 Å². The van der Waals surface area contributed by atoms with Crippen LogP contribution in [0.25, 0.3) is 0 Å². The van der Waals surface area contributed by atoms with E-state index in [1.165, 1.54) is 0 Å². The first-order chi connectivity index (χ1) is 13.7. The Kier molecular flexibility index (Phi) is 6.79. The summed E-state index contributed by atoms with van der Waals surface area (Å²) in [6, 6.07) is 23.6. The van der Waals surface area contributed by atoms with Crippen LogP contribution in [0.4, 0.5) is 11.5 Å². The standard InChI is InChI=1S/C24H27N3O/c1-3-4-17-27(2)22-16-15-21(18-25-22)26-24(28)23(19-11-7-5-8-12-19)20-13-9-6-10-14-20/h5-16,18,23H,3-4,17H2,1-2H3,(H,26,28). The van der Waals surface area contributed by atoms with E-state index in [4.69, 9.17) is 0 Å². The van der Waals surface area contributed by atoms with E-state index in [0.717, 1.165) is 36.3 Å². The van der Waals surface area contributed by atoms with Gasteiger partial charge in [-0.2, -0.15) is 0 Å². The van der Waals surface area contributed by atoms with Crippen LogP contribution in [-0.4, -0.2) is 24.5 Å². The van der Waals surface area contributed by atoms with Crippen molar-refractivity contribution >= 4 is 17.4 Å². The zero-order valence-electron chi connectivity index (χ0n) is 16.5. The van der Waals surface area contributed by atoms with Gasteiger partial charge < -0.3 is 10.2 Å². The summed E-state index contributed by atoms with van der Waals surface area (Å²) in [6.07, 6.45) is 4.01. The molecule has 0 radical (unpaired) electrons. The summed E-state index contributed by atoms with van der Waals surface area (Å²) in [6.45, 7) is 3.15. The Morgan fingerprint density at radius 2 is 1.57 bits per heavy atom. The van der Waals surface area contributed by atoms with E-state index in [2.05, 4.69) is 22.1 Å². The fraction of sp³-hybridized carbons (Fsp3) is 0.250. The van der Waals surface area contributed by atoms with E-state index in [0.29, 0.717) is 5.69 Å². The van der Waals surface area contributed by atoms with Gasteiger partial charge in [0.1, 0.15) is 5.82 Å². The lowest BCUT2D eigenvalue weighted by molar-refractivity contribution is -0.116. The molecule has 1 N–H and O–H groups in total. The van der Waals surface area contributed by atoms with Crippen molar-refractivity contribution in [2.75, 3.05) is 23.8 Å². The maximum Gasteiger partial charge on any atom is 0.236 e. The van der Waals surface area contributed by atoms with Crippen LogP contribution in [0.2, 0.25) is 0 Å². The Morgan fingerprint density at radius 3 is 2.07 bits per heavy atom. The minimum Gasteiger partial charge on any atom is -0.360 e. The summed E-state index contributed by atoms with van der Waals surface area (Å²) in [4.78, 5) is 19.8. The van der Waals surface area contributed by atoms with E-state index in [9.17, 15) is 4.79 Å². The number of unbranched alkanes of at least 4 members (excludes halogenated alkanes) is 1. The van der Waals surface area contributed by atoms with E-state index >= 15 is 0 Å². The van der Waals surface area contributed by atoms with Crippen molar-refractivity contribution in [3.05, 3.63) is 90.1 Å². The molecule has 0 saturated carbocycles. The SMILES string of the molecule is CCCCN(C)c1ccc(NC(=O)C(c2ccccc2)c2ccccc2)cn1. The van der Waals surface area contributed by atoms with E-state index in [-0.39, 0.29) is 11.8 Å². The first kappa shape index (κ1) is 19.6. The van der Waals surface area contributed by atoms with Crippen LogP contribution in [0.5, 0.6) is 0 Å². The molecule has 0 aliphatic heterocycles. The average molecular weight is 374 g/mol. The predicted molar refractivity (Wildman–Crippen MR) is 116 cm³/mol. The fourth-order valence-electron chi connectivity index (χ4n) is 3.20. The van der Waals surface area contributed by atoms with Crippen molar-refractivity contribution in [2.45, 2.75) is 25.7 Å². The van der Waals surface area contributed by atoms with Crippen molar-refractivity contribution in [2.24, 2.45) is 0 Å². The lowest BCUT2D eigenvalue weighted by Crippen LogP contribution is -2.23. The molecule has 2 aromatic carbocycles. The third-order valence-corrected chi connectivity index (χ3v) is 4.78. The van der Waals surface area contributed by atoms with Gasteiger partial charge in [0.2, 0.25) is 5.91 Å². The molecule has 0 atom stereocenters. The normalized spacial score (nSPS) is 10.7. The number of rotatable bonds is 8. The van der Waals surface area contributed by atoms with Crippen molar-refractivity contribution in [3.8, 4) is 0 Å². The molecule has 0 unspecified atom stereocenters. The molecular weight excluding hydrogens is 346 g/mol. The van der Waals surface area contributed by atoms with Gasteiger partial charge in [-0.15, -0.1) is 0 Å². The second-order valence-corrected chi connectivity index (χ2v) is 6.92. The zero-order chi connectivity index (χ0) is 19.8. The quantitative estimate of drug-likeness (QED) is 0.598. The highest BCUT2D eigenvalue weighted by Crippen LogP contribution is 2.26. The predicted octanol–water partition coefficient (Wildman–Crippen LogP) is 5.09. The third kappa shape index (κ3) is 4.97. The number of pyridine rings is 1. The molecule has 4 nitrogen and oxygen atoms in total. The number of hydrogen-bond acceptors (Lipinski definition) is 3. The summed E-state index contributed by atoms with van der Waals surface area (Å²) < 4.78 is 0. The molecule has 0 saturated heterocycles. The summed E-state index contributed by atoms with van der Waals surface area (Å²) in [5.74, 6) is 0.481. The maximum absolute atomic E-state index is 13.1. The van der Waals surface area contributed by atoms with Crippen LogP contribution in [0, 0.1) is 0 Å². The molecule has 3 aromatic rings. The Balaban J connectivity index is 1.77. The Morgan fingerprint density at radius 1 is 0.964 bits per heavy atom. The first-order valence-electron chi connectivity index (χ1n) is 9.77. The number of hydrogen-bond donors (Lipinski definition) is 1. The van der Waals surface area contributed by atoms with Gasteiger partial charge in [0.25, 0.3) is 0 Å². The van der Waals surface area contributed by atoms with Crippen LogP contribution >= 0.6 is 0 Å². The topological polar surface area (TPSA) is 45.2 Å². The zero-order valence-corrected chi connectivity index (χ0v) is 16.5. The van der Waals surface area contributed by atoms with Gasteiger partial charge >= 0.3 is 0 Å². The minimum atomic E-state index is -0.366. The number of nitrogens with one attached hydrogen (secondary N) is 1. The lowest BCUT2D eigenvalue weighted by atomic mass is 9.90. The highest BCUT2D eigenvalue weighted by Gasteiger charge is 2.22. The molecule has 1 heterocycles. The molecule has 1 amide bonds. The van der Waals surface area contributed by atoms with Gasteiger partial charge in [0.05, 0.1) is 17.8 Å². The van der Waals surface area contributed by atoms with Gasteiger partial charge in [-0.1, -0.05) is 74.0 Å². The molecule has 144 valence electrons. The molecule has 0 aliphatic carbocycles. The number of nitrogens with zero attached hydrogens (tertiary/aromatic N) is 2. The monoisotopic (exact) mass is 373 g/mol. The molecule has 28 heavy (non-hydrogen) atoms. The first-order valence-corrected chi connectivity index (χ1v) is 9.77. The second-order valence-electron chi connectivity index (χ2n) is 6.92. The smallest absolute Gasteiger partial charge is 0.236 e. The van der Waals surface area contributed by atoms with Crippen molar-refractivity contribution in [3.63, 3.8) is 0 Å². The molecular formula is C24H27N3O. The van der Waals surface area contributed by atoms with Gasteiger partial charge in [-0.25, -0.2) is 4.98 Å². The van der Waals surface area contributed by atoms with Gasteiger partial charge in [-0.05, 0) is 29.7 Å². The van der Waals surface area contributed by atoms with Crippen LogP contribution in [0.1, 0.15) is 36.8 Å². The molecule has 4 heteroatoms. The molecule has 0 bridgehead atoms. The molecule has 0 fully saturated rings. The lowest BCUT2D eigenvalue weighted by Gasteiger charge is -2.19. The number of aromatic nitrogens is 1. The summed E-state index contributed by atoms with van der Waals surface area (Å²) >= 11 is 0. The molecule has 3 rings (SSSR count). The van der Waals surface area contributed by atoms with Crippen molar-refractivity contribution in [1.82, 2.24) is 4.98 Å². The van der Waals surface area contributed by atoms with Crippen molar-refractivity contribution < 1.29 is 4.79 Å². The average Bonchev–Trinajstić information content (AvgIpc) is 2.74. The number of carbonyl (C=O) groups excluding carboxylic acids is 1. The highest BCUT2D eigenvalue weighted by molar-refractivity contribution is 5.98. The van der Waals surface area contributed by atoms with Gasteiger partial charge in [0, 0.05) is 13.6 Å².